The molecular formula is C22H22ClN3O. The van der Waals surface area contributed by atoms with Crippen LogP contribution in [0.1, 0.15) is 34.9 Å². The Balaban J connectivity index is 1.47. The first-order valence-electron chi connectivity index (χ1n) is 9.17. The van der Waals surface area contributed by atoms with Crippen LogP contribution in [0.15, 0.2) is 54.6 Å². The van der Waals surface area contributed by atoms with Crippen molar-refractivity contribution < 1.29 is 4.79 Å². The van der Waals surface area contributed by atoms with E-state index in [1.807, 2.05) is 61.0 Å². The summed E-state index contributed by atoms with van der Waals surface area (Å²) >= 11 is 6.08. The third-order valence-electron chi connectivity index (χ3n) is 5.21. The molecule has 27 heavy (non-hydrogen) atoms. The number of nitrogens with zero attached hydrogens (tertiary/aromatic N) is 2. The van der Waals surface area contributed by atoms with Gasteiger partial charge in [-0.2, -0.15) is 5.10 Å². The SMILES string of the molecule is Cc1nn(Cc2cccc(Cl)c2)c(C)c1NC(=O)[C@@H]1C[C@@H]1c1ccccc1. The van der Waals surface area contributed by atoms with E-state index < -0.39 is 0 Å². The van der Waals surface area contributed by atoms with Gasteiger partial charge in [0.1, 0.15) is 0 Å². The summed E-state index contributed by atoms with van der Waals surface area (Å²) in [6.07, 6.45) is 0.907. The molecule has 5 heteroatoms. The number of benzene rings is 2. The minimum absolute atomic E-state index is 0.0440. The van der Waals surface area contributed by atoms with E-state index in [1.165, 1.54) is 5.56 Å². The van der Waals surface area contributed by atoms with Crippen LogP contribution in [-0.4, -0.2) is 15.7 Å². The molecule has 0 saturated heterocycles. The Bertz CT molecular complexity index is 980. The average Bonchev–Trinajstić information content (AvgIpc) is 3.42. The molecule has 1 aromatic heterocycles. The standard InChI is InChI=1S/C22H22ClN3O/c1-14-21(15(2)26(25-14)13-16-7-6-10-18(23)11-16)24-22(27)20-12-19(20)17-8-4-3-5-9-17/h3-11,19-20H,12-13H2,1-2H3,(H,24,27)/t19-,20-/m1/s1. The van der Waals surface area contributed by atoms with Gasteiger partial charge in [0.15, 0.2) is 0 Å². The summed E-state index contributed by atoms with van der Waals surface area (Å²) in [5.41, 5.74) is 4.93. The fraction of sp³-hybridized carbons (Fsp3) is 0.273. The summed E-state index contributed by atoms with van der Waals surface area (Å²) in [6.45, 7) is 4.54. The number of aryl methyl sites for hydroxylation is 1. The minimum Gasteiger partial charge on any atom is -0.323 e. The highest BCUT2D eigenvalue weighted by Gasteiger charge is 2.44. The second kappa shape index (κ2) is 7.20. The molecule has 0 aliphatic heterocycles. The lowest BCUT2D eigenvalue weighted by atomic mass is 10.1. The van der Waals surface area contributed by atoms with Crippen molar-refractivity contribution in [3.05, 3.63) is 82.1 Å². The van der Waals surface area contributed by atoms with Crippen molar-refractivity contribution in [2.75, 3.05) is 5.32 Å². The Morgan fingerprint density at radius 2 is 1.96 bits per heavy atom. The molecule has 1 amide bonds. The molecule has 3 aromatic rings. The van der Waals surface area contributed by atoms with Crippen LogP contribution < -0.4 is 5.32 Å². The van der Waals surface area contributed by atoms with E-state index in [-0.39, 0.29) is 11.8 Å². The number of halogens is 1. The van der Waals surface area contributed by atoms with E-state index in [4.69, 9.17) is 11.6 Å². The number of carbonyl (C=O) groups excluding carboxylic acids is 1. The molecule has 0 radical (unpaired) electrons. The molecule has 4 rings (SSSR count). The molecule has 1 aliphatic carbocycles. The van der Waals surface area contributed by atoms with Gasteiger partial charge in [-0.25, -0.2) is 0 Å². The second-order valence-corrected chi connectivity index (χ2v) is 7.62. The summed E-state index contributed by atoms with van der Waals surface area (Å²) in [5, 5.41) is 8.42. The smallest absolute Gasteiger partial charge is 0.228 e. The quantitative estimate of drug-likeness (QED) is 0.682. The fourth-order valence-corrected chi connectivity index (χ4v) is 3.82. The van der Waals surface area contributed by atoms with Gasteiger partial charge in [0.2, 0.25) is 5.91 Å². The number of nitrogens with one attached hydrogen (secondary N) is 1. The Hall–Kier alpha value is -2.59. The third-order valence-corrected chi connectivity index (χ3v) is 5.44. The van der Waals surface area contributed by atoms with Crippen LogP contribution in [0.25, 0.3) is 0 Å². The minimum atomic E-state index is 0.0440. The summed E-state index contributed by atoms with van der Waals surface area (Å²) in [6, 6.07) is 18.0. The maximum Gasteiger partial charge on any atom is 0.228 e. The summed E-state index contributed by atoms with van der Waals surface area (Å²) in [4.78, 5) is 12.7. The van der Waals surface area contributed by atoms with Gasteiger partial charge in [-0.1, -0.05) is 54.1 Å². The van der Waals surface area contributed by atoms with Crippen molar-refractivity contribution in [3.63, 3.8) is 0 Å². The summed E-state index contributed by atoms with van der Waals surface area (Å²) < 4.78 is 1.91. The predicted octanol–water partition coefficient (Wildman–Crippen LogP) is 4.94. The van der Waals surface area contributed by atoms with E-state index >= 15 is 0 Å². The summed E-state index contributed by atoms with van der Waals surface area (Å²) in [7, 11) is 0. The molecule has 1 N–H and O–H groups in total. The van der Waals surface area contributed by atoms with Gasteiger partial charge in [-0.3, -0.25) is 9.48 Å². The number of amides is 1. The Labute approximate surface area is 164 Å². The van der Waals surface area contributed by atoms with Gasteiger partial charge >= 0.3 is 0 Å². The maximum absolute atomic E-state index is 12.7. The zero-order valence-corrected chi connectivity index (χ0v) is 16.2. The van der Waals surface area contributed by atoms with Gasteiger partial charge in [0.05, 0.1) is 23.6 Å². The lowest BCUT2D eigenvalue weighted by Gasteiger charge is -2.08. The van der Waals surface area contributed by atoms with Gasteiger partial charge < -0.3 is 5.32 Å². The zero-order valence-electron chi connectivity index (χ0n) is 15.4. The average molecular weight is 380 g/mol. The number of aromatic nitrogens is 2. The van der Waals surface area contributed by atoms with Crippen LogP contribution >= 0.6 is 11.6 Å². The van der Waals surface area contributed by atoms with Crippen molar-refractivity contribution >= 4 is 23.2 Å². The molecule has 1 aliphatic rings. The zero-order chi connectivity index (χ0) is 19.0. The first-order chi connectivity index (χ1) is 13.0. The van der Waals surface area contributed by atoms with Crippen LogP contribution in [0.4, 0.5) is 5.69 Å². The van der Waals surface area contributed by atoms with Gasteiger partial charge in [-0.15, -0.1) is 0 Å². The van der Waals surface area contributed by atoms with Crippen molar-refractivity contribution in [1.82, 2.24) is 9.78 Å². The third kappa shape index (κ3) is 3.76. The first-order valence-corrected chi connectivity index (χ1v) is 9.55. The molecule has 4 nitrogen and oxygen atoms in total. The van der Waals surface area contributed by atoms with E-state index in [0.29, 0.717) is 17.5 Å². The van der Waals surface area contributed by atoms with Crippen LogP contribution in [-0.2, 0) is 11.3 Å². The highest BCUT2D eigenvalue weighted by atomic mass is 35.5. The van der Waals surface area contributed by atoms with Crippen LogP contribution in [0.2, 0.25) is 5.02 Å². The van der Waals surface area contributed by atoms with Crippen LogP contribution in [0, 0.1) is 19.8 Å². The van der Waals surface area contributed by atoms with Crippen LogP contribution in [0.3, 0.4) is 0 Å². The Morgan fingerprint density at radius 3 is 2.70 bits per heavy atom. The van der Waals surface area contributed by atoms with Gasteiger partial charge in [0.25, 0.3) is 0 Å². The molecular weight excluding hydrogens is 358 g/mol. The molecule has 0 unspecified atom stereocenters. The van der Waals surface area contributed by atoms with Crippen molar-refractivity contribution in [3.8, 4) is 0 Å². The number of carbonyl (C=O) groups is 1. The maximum atomic E-state index is 12.7. The molecule has 138 valence electrons. The largest absolute Gasteiger partial charge is 0.323 e. The van der Waals surface area contributed by atoms with Crippen LogP contribution in [0.5, 0.6) is 0 Å². The number of hydrogen-bond acceptors (Lipinski definition) is 2. The summed E-state index contributed by atoms with van der Waals surface area (Å²) in [5.74, 6) is 0.452. The molecule has 2 aromatic carbocycles. The van der Waals surface area contributed by atoms with E-state index in [2.05, 4.69) is 22.5 Å². The Kier molecular flexibility index (Phi) is 4.75. The first kappa shape index (κ1) is 17.8. The number of anilines is 1. The highest BCUT2D eigenvalue weighted by molar-refractivity contribution is 6.30. The van der Waals surface area contributed by atoms with Crippen molar-refractivity contribution in [2.24, 2.45) is 5.92 Å². The van der Waals surface area contributed by atoms with E-state index in [1.54, 1.807) is 0 Å². The monoisotopic (exact) mass is 379 g/mol. The second-order valence-electron chi connectivity index (χ2n) is 7.18. The highest BCUT2D eigenvalue weighted by Crippen LogP contribution is 2.48. The fourth-order valence-electron chi connectivity index (χ4n) is 3.61. The topological polar surface area (TPSA) is 46.9 Å². The number of rotatable bonds is 5. The van der Waals surface area contributed by atoms with E-state index in [0.717, 1.165) is 29.1 Å². The lowest BCUT2D eigenvalue weighted by Crippen LogP contribution is -2.16. The molecule has 0 spiro atoms. The molecule has 0 bridgehead atoms. The van der Waals surface area contributed by atoms with Crippen molar-refractivity contribution in [2.45, 2.75) is 32.7 Å². The van der Waals surface area contributed by atoms with E-state index in [9.17, 15) is 4.79 Å². The lowest BCUT2D eigenvalue weighted by molar-refractivity contribution is -0.117. The predicted molar refractivity (Wildman–Crippen MR) is 108 cm³/mol. The van der Waals surface area contributed by atoms with Crippen molar-refractivity contribution in [1.29, 1.82) is 0 Å². The Morgan fingerprint density at radius 1 is 1.19 bits per heavy atom. The normalized spacial score (nSPS) is 18.3. The molecule has 2 atom stereocenters. The number of hydrogen-bond donors (Lipinski definition) is 1. The molecule has 1 heterocycles. The molecule has 1 saturated carbocycles. The van der Waals surface area contributed by atoms with Gasteiger partial charge in [-0.05, 0) is 49.4 Å². The van der Waals surface area contributed by atoms with Gasteiger partial charge in [0, 0.05) is 10.9 Å². The molecule has 1 fully saturated rings.